The Morgan fingerprint density at radius 3 is 2.71 bits per heavy atom. The van der Waals surface area contributed by atoms with Crippen LogP contribution in [0.25, 0.3) is 0 Å². The molecule has 0 aromatic heterocycles. The summed E-state index contributed by atoms with van der Waals surface area (Å²) in [5.41, 5.74) is 0. The molecule has 2 amide bonds. The highest BCUT2D eigenvalue weighted by molar-refractivity contribution is 5.78. The first-order valence-corrected chi connectivity index (χ1v) is 9.89. The first-order chi connectivity index (χ1) is 11.7. The highest BCUT2D eigenvalue weighted by Gasteiger charge is 2.27. The van der Waals surface area contributed by atoms with Crippen molar-refractivity contribution in [3.05, 3.63) is 0 Å². The van der Waals surface area contributed by atoms with Crippen LogP contribution in [-0.2, 0) is 14.3 Å². The Balaban J connectivity index is 1.37. The molecule has 24 heavy (non-hydrogen) atoms. The summed E-state index contributed by atoms with van der Waals surface area (Å²) < 4.78 is 5.91. The number of carbonyl (C=O) groups excluding carboxylic acids is 2. The third-order valence-electron chi connectivity index (χ3n) is 5.80. The second-order valence-electron chi connectivity index (χ2n) is 7.66. The molecule has 0 aromatic rings. The zero-order valence-electron chi connectivity index (χ0n) is 14.9. The molecule has 2 saturated heterocycles. The number of hydrogen-bond donors (Lipinski definition) is 0. The minimum absolute atomic E-state index is 0.228. The van der Waals surface area contributed by atoms with Crippen molar-refractivity contribution < 1.29 is 14.3 Å². The minimum Gasteiger partial charge on any atom is -0.375 e. The molecule has 3 fully saturated rings. The number of hydrogen-bond acceptors (Lipinski definition) is 3. The molecule has 1 saturated carbocycles. The fraction of sp³-hybridized carbons (Fsp3) is 0.895. The third kappa shape index (κ3) is 4.95. The van der Waals surface area contributed by atoms with Crippen LogP contribution in [0.5, 0.6) is 0 Å². The van der Waals surface area contributed by atoms with E-state index in [1.54, 1.807) is 0 Å². The molecular formula is C19H32N2O3. The van der Waals surface area contributed by atoms with E-state index in [1.807, 2.05) is 9.80 Å². The highest BCUT2D eigenvalue weighted by atomic mass is 16.5. The van der Waals surface area contributed by atoms with Crippen molar-refractivity contribution >= 4 is 11.8 Å². The number of morpholine rings is 1. The second kappa shape index (κ2) is 8.84. The van der Waals surface area contributed by atoms with Crippen LogP contribution in [0.15, 0.2) is 0 Å². The van der Waals surface area contributed by atoms with E-state index in [4.69, 9.17) is 4.74 Å². The van der Waals surface area contributed by atoms with Gasteiger partial charge < -0.3 is 14.5 Å². The van der Waals surface area contributed by atoms with E-state index in [0.29, 0.717) is 19.4 Å². The SMILES string of the molecule is O=C1CCCN1CCCC(=O)N1CCO[C@H](CC2CCCCC2)C1. The summed E-state index contributed by atoms with van der Waals surface area (Å²) in [6, 6.07) is 0. The predicted octanol–water partition coefficient (Wildman–Crippen LogP) is 2.59. The zero-order chi connectivity index (χ0) is 16.8. The summed E-state index contributed by atoms with van der Waals surface area (Å²) in [6.07, 6.45) is 11.1. The van der Waals surface area contributed by atoms with Gasteiger partial charge in [0.1, 0.15) is 0 Å². The fourth-order valence-corrected chi connectivity index (χ4v) is 4.40. The van der Waals surface area contributed by atoms with Gasteiger partial charge in [-0.05, 0) is 25.2 Å². The average Bonchev–Trinajstić information content (AvgIpc) is 3.01. The summed E-state index contributed by atoms with van der Waals surface area (Å²) in [7, 11) is 0. The summed E-state index contributed by atoms with van der Waals surface area (Å²) in [5, 5.41) is 0. The molecule has 5 heteroatoms. The largest absolute Gasteiger partial charge is 0.375 e. The van der Waals surface area contributed by atoms with Crippen LogP contribution >= 0.6 is 0 Å². The normalized spacial score (nSPS) is 26.2. The molecule has 0 bridgehead atoms. The molecule has 1 atom stereocenters. The number of ether oxygens (including phenoxy) is 1. The van der Waals surface area contributed by atoms with Crippen LogP contribution < -0.4 is 0 Å². The first-order valence-electron chi connectivity index (χ1n) is 9.89. The number of carbonyl (C=O) groups is 2. The molecule has 136 valence electrons. The van der Waals surface area contributed by atoms with Gasteiger partial charge in [-0.3, -0.25) is 9.59 Å². The van der Waals surface area contributed by atoms with Crippen LogP contribution in [0.4, 0.5) is 0 Å². The topological polar surface area (TPSA) is 49.9 Å². The Hall–Kier alpha value is -1.10. The van der Waals surface area contributed by atoms with E-state index < -0.39 is 0 Å². The van der Waals surface area contributed by atoms with Crippen LogP contribution in [-0.4, -0.2) is 60.5 Å². The Kier molecular flexibility index (Phi) is 6.52. The van der Waals surface area contributed by atoms with Gasteiger partial charge in [0.05, 0.1) is 12.7 Å². The molecule has 2 heterocycles. The molecule has 3 aliphatic rings. The number of amides is 2. The smallest absolute Gasteiger partial charge is 0.222 e. The van der Waals surface area contributed by atoms with Crippen LogP contribution in [0, 0.1) is 5.92 Å². The molecule has 0 spiro atoms. The lowest BCUT2D eigenvalue weighted by Crippen LogP contribution is -2.46. The number of likely N-dealkylation sites (tertiary alicyclic amines) is 1. The van der Waals surface area contributed by atoms with Gasteiger partial charge in [0.15, 0.2) is 0 Å². The van der Waals surface area contributed by atoms with Crippen molar-refractivity contribution in [1.29, 1.82) is 0 Å². The van der Waals surface area contributed by atoms with Crippen LogP contribution in [0.1, 0.15) is 64.2 Å². The standard InChI is InChI=1S/C19H32N2O3/c22-18-8-4-10-20(18)11-5-9-19(23)21-12-13-24-17(15-21)14-16-6-2-1-3-7-16/h16-17H,1-15H2/t17-/m1/s1. The second-order valence-corrected chi connectivity index (χ2v) is 7.66. The highest BCUT2D eigenvalue weighted by Crippen LogP contribution is 2.29. The summed E-state index contributed by atoms with van der Waals surface area (Å²) in [4.78, 5) is 27.9. The maximum atomic E-state index is 12.5. The van der Waals surface area contributed by atoms with Crippen molar-refractivity contribution in [2.45, 2.75) is 70.3 Å². The van der Waals surface area contributed by atoms with Crippen LogP contribution in [0.3, 0.4) is 0 Å². The maximum Gasteiger partial charge on any atom is 0.222 e. The van der Waals surface area contributed by atoms with E-state index in [-0.39, 0.29) is 17.9 Å². The van der Waals surface area contributed by atoms with E-state index in [9.17, 15) is 9.59 Å². The van der Waals surface area contributed by atoms with Crippen molar-refractivity contribution in [3.8, 4) is 0 Å². The van der Waals surface area contributed by atoms with Crippen molar-refractivity contribution in [2.75, 3.05) is 32.8 Å². The van der Waals surface area contributed by atoms with Crippen LogP contribution in [0.2, 0.25) is 0 Å². The molecule has 1 aliphatic carbocycles. The lowest BCUT2D eigenvalue weighted by Gasteiger charge is -2.35. The molecule has 0 unspecified atom stereocenters. The first kappa shape index (κ1) is 17.7. The zero-order valence-corrected chi connectivity index (χ0v) is 14.9. The van der Waals surface area contributed by atoms with Gasteiger partial charge in [0.2, 0.25) is 11.8 Å². The Morgan fingerprint density at radius 1 is 1.12 bits per heavy atom. The van der Waals surface area contributed by atoms with Crippen molar-refractivity contribution in [1.82, 2.24) is 9.80 Å². The van der Waals surface area contributed by atoms with Gasteiger partial charge in [0.25, 0.3) is 0 Å². The van der Waals surface area contributed by atoms with Crippen molar-refractivity contribution in [2.24, 2.45) is 5.92 Å². The van der Waals surface area contributed by atoms with E-state index in [1.165, 1.54) is 32.1 Å². The molecule has 2 aliphatic heterocycles. The fourth-order valence-electron chi connectivity index (χ4n) is 4.40. The quantitative estimate of drug-likeness (QED) is 0.749. The van der Waals surface area contributed by atoms with E-state index >= 15 is 0 Å². The number of nitrogens with zero attached hydrogens (tertiary/aromatic N) is 2. The van der Waals surface area contributed by atoms with Gasteiger partial charge in [-0.1, -0.05) is 32.1 Å². The molecule has 0 aromatic carbocycles. The predicted molar refractivity (Wildman–Crippen MR) is 92.6 cm³/mol. The third-order valence-corrected chi connectivity index (χ3v) is 5.80. The molecule has 3 rings (SSSR count). The molecule has 5 nitrogen and oxygen atoms in total. The molecular weight excluding hydrogens is 304 g/mol. The molecule has 0 radical (unpaired) electrons. The molecule has 0 N–H and O–H groups in total. The lowest BCUT2D eigenvalue weighted by atomic mass is 9.85. The Bertz CT molecular complexity index is 434. The monoisotopic (exact) mass is 336 g/mol. The van der Waals surface area contributed by atoms with E-state index in [2.05, 4.69) is 0 Å². The summed E-state index contributed by atoms with van der Waals surface area (Å²) in [6.45, 7) is 3.77. The van der Waals surface area contributed by atoms with Gasteiger partial charge in [-0.2, -0.15) is 0 Å². The summed E-state index contributed by atoms with van der Waals surface area (Å²) >= 11 is 0. The Labute approximate surface area is 145 Å². The van der Waals surface area contributed by atoms with Gasteiger partial charge in [0, 0.05) is 39.0 Å². The lowest BCUT2D eigenvalue weighted by molar-refractivity contribution is -0.140. The number of rotatable bonds is 6. The summed E-state index contributed by atoms with van der Waals surface area (Å²) in [5.74, 6) is 1.28. The minimum atomic E-state index is 0.228. The average molecular weight is 336 g/mol. The maximum absolute atomic E-state index is 12.5. The van der Waals surface area contributed by atoms with E-state index in [0.717, 1.165) is 51.4 Å². The van der Waals surface area contributed by atoms with Gasteiger partial charge in [-0.15, -0.1) is 0 Å². The van der Waals surface area contributed by atoms with Crippen molar-refractivity contribution in [3.63, 3.8) is 0 Å². The van der Waals surface area contributed by atoms with Gasteiger partial charge >= 0.3 is 0 Å². The Morgan fingerprint density at radius 2 is 1.96 bits per heavy atom. The van der Waals surface area contributed by atoms with Gasteiger partial charge in [-0.25, -0.2) is 0 Å².